The lowest BCUT2D eigenvalue weighted by molar-refractivity contribution is -0.161. The Morgan fingerprint density at radius 3 is 1.58 bits per heavy atom. The zero-order valence-electron chi connectivity index (χ0n) is 12.3. The SMILES string of the molecule is CC(C)C(N=O)C1C(=O)C(C)(C)C(=O)C(C)(C)C1=O. The van der Waals surface area contributed by atoms with E-state index in [9.17, 15) is 19.3 Å². The molecule has 5 nitrogen and oxygen atoms in total. The lowest BCUT2D eigenvalue weighted by Crippen LogP contribution is -2.60. The van der Waals surface area contributed by atoms with Gasteiger partial charge in [-0.25, -0.2) is 0 Å². The van der Waals surface area contributed by atoms with Gasteiger partial charge >= 0.3 is 0 Å². The third-order valence-electron chi connectivity index (χ3n) is 4.08. The maximum Gasteiger partial charge on any atom is 0.158 e. The summed E-state index contributed by atoms with van der Waals surface area (Å²) >= 11 is 0. The minimum atomic E-state index is -1.25. The summed E-state index contributed by atoms with van der Waals surface area (Å²) in [6.07, 6.45) is 0. The van der Waals surface area contributed by atoms with Gasteiger partial charge in [0.1, 0.15) is 12.0 Å². The lowest BCUT2D eigenvalue weighted by atomic mass is 9.57. The Morgan fingerprint density at radius 1 is 0.947 bits per heavy atom. The number of carbonyl (C=O) groups excluding carboxylic acids is 3. The summed E-state index contributed by atoms with van der Waals surface area (Å²) in [6, 6.07) is -0.911. The van der Waals surface area contributed by atoms with Gasteiger partial charge in [0, 0.05) is 0 Å². The molecule has 1 atom stereocenters. The Hall–Kier alpha value is -1.39. The normalized spacial score (nSPS) is 24.7. The molecule has 19 heavy (non-hydrogen) atoms. The van der Waals surface area contributed by atoms with Crippen LogP contribution in [0.4, 0.5) is 0 Å². The molecule has 0 aromatic heterocycles. The van der Waals surface area contributed by atoms with Crippen molar-refractivity contribution in [2.75, 3.05) is 0 Å². The van der Waals surface area contributed by atoms with Crippen LogP contribution in [0, 0.1) is 27.6 Å². The highest BCUT2D eigenvalue weighted by Crippen LogP contribution is 2.43. The van der Waals surface area contributed by atoms with Crippen molar-refractivity contribution in [3.05, 3.63) is 4.91 Å². The fourth-order valence-corrected chi connectivity index (χ4v) is 2.78. The molecular formula is C14H21NO4. The first kappa shape index (κ1) is 15.7. The van der Waals surface area contributed by atoms with Gasteiger partial charge < -0.3 is 0 Å². The van der Waals surface area contributed by atoms with E-state index in [4.69, 9.17) is 0 Å². The number of hydrogen-bond donors (Lipinski definition) is 0. The maximum atomic E-state index is 12.4. The molecular weight excluding hydrogens is 246 g/mol. The zero-order valence-corrected chi connectivity index (χ0v) is 12.3. The largest absolute Gasteiger partial charge is 0.298 e. The van der Waals surface area contributed by atoms with Crippen LogP contribution in [-0.2, 0) is 14.4 Å². The van der Waals surface area contributed by atoms with Crippen LogP contribution < -0.4 is 0 Å². The number of ketones is 3. The van der Waals surface area contributed by atoms with Gasteiger partial charge in [-0.15, -0.1) is 0 Å². The van der Waals surface area contributed by atoms with E-state index in [-0.39, 0.29) is 11.7 Å². The molecule has 0 N–H and O–H groups in total. The number of rotatable bonds is 3. The number of hydrogen-bond acceptors (Lipinski definition) is 5. The molecule has 1 saturated carbocycles. The smallest absolute Gasteiger partial charge is 0.158 e. The molecule has 0 aromatic rings. The Kier molecular flexibility index (Phi) is 3.81. The van der Waals surface area contributed by atoms with Crippen LogP contribution in [0.3, 0.4) is 0 Å². The van der Waals surface area contributed by atoms with Gasteiger partial charge in [-0.05, 0) is 33.6 Å². The summed E-state index contributed by atoms with van der Waals surface area (Å²) < 4.78 is 0. The maximum absolute atomic E-state index is 12.4. The first-order valence-corrected chi connectivity index (χ1v) is 6.45. The molecule has 0 aromatic carbocycles. The summed E-state index contributed by atoms with van der Waals surface area (Å²) in [7, 11) is 0. The van der Waals surface area contributed by atoms with E-state index in [1.807, 2.05) is 0 Å². The summed E-state index contributed by atoms with van der Waals surface area (Å²) in [5.74, 6) is -2.70. The van der Waals surface area contributed by atoms with Gasteiger partial charge in [0.15, 0.2) is 17.3 Å². The van der Waals surface area contributed by atoms with E-state index in [0.29, 0.717) is 0 Å². The van der Waals surface area contributed by atoms with Crippen LogP contribution in [0.1, 0.15) is 41.5 Å². The van der Waals surface area contributed by atoms with Crippen molar-refractivity contribution in [3.8, 4) is 0 Å². The second kappa shape index (κ2) is 4.62. The molecule has 5 heteroatoms. The fraction of sp³-hybridized carbons (Fsp3) is 0.786. The second-order valence-corrected chi connectivity index (χ2v) is 6.63. The molecule has 0 aliphatic heterocycles. The number of nitroso groups, excluding NO2 is 1. The number of Topliss-reactive ketones (excluding diaryl/α,β-unsaturated/α-hetero) is 3. The zero-order chi connectivity index (χ0) is 15.2. The lowest BCUT2D eigenvalue weighted by Gasteiger charge is -2.42. The summed E-state index contributed by atoms with van der Waals surface area (Å²) in [4.78, 5) is 48.1. The van der Waals surface area contributed by atoms with E-state index in [1.54, 1.807) is 13.8 Å². The predicted octanol–water partition coefficient (Wildman–Crippen LogP) is 2.17. The van der Waals surface area contributed by atoms with Crippen LogP contribution in [-0.4, -0.2) is 23.4 Å². The highest BCUT2D eigenvalue weighted by Gasteiger charge is 2.60. The molecule has 0 saturated heterocycles. The van der Waals surface area contributed by atoms with E-state index in [0.717, 1.165) is 0 Å². The topological polar surface area (TPSA) is 80.6 Å². The van der Waals surface area contributed by atoms with Crippen molar-refractivity contribution in [1.82, 2.24) is 0 Å². The minimum Gasteiger partial charge on any atom is -0.298 e. The standard InChI is InChI=1S/C14H21NO4/c1-7(2)9(15-19)8-10(16)13(3,4)12(18)14(5,6)11(8)17/h7-9H,1-6H3. The molecule has 1 unspecified atom stereocenters. The Labute approximate surface area is 113 Å². The molecule has 0 amide bonds. The Morgan fingerprint density at radius 2 is 1.32 bits per heavy atom. The summed E-state index contributed by atoms with van der Waals surface area (Å²) in [5, 5.41) is 2.97. The van der Waals surface area contributed by atoms with Crippen molar-refractivity contribution in [2.45, 2.75) is 47.6 Å². The average Bonchev–Trinajstić information content (AvgIpc) is 2.31. The van der Waals surface area contributed by atoms with Crippen molar-refractivity contribution in [3.63, 3.8) is 0 Å². The predicted molar refractivity (Wildman–Crippen MR) is 70.5 cm³/mol. The van der Waals surface area contributed by atoms with E-state index >= 15 is 0 Å². The third-order valence-corrected chi connectivity index (χ3v) is 4.08. The second-order valence-electron chi connectivity index (χ2n) is 6.63. The first-order chi connectivity index (χ1) is 8.49. The molecule has 0 heterocycles. The van der Waals surface area contributed by atoms with Crippen LogP contribution in [0.5, 0.6) is 0 Å². The van der Waals surface area contributed by atoms with Gasteiger partial charge in [0.05, 0.1) is 10.8 Å². The fourth-order valence-electron chi connectivity index (χ4n) is 2.78. The van der Waals surface area contributed by atoms with E-state index < -0.39 is 34.4 Å². The molecule has 1 fully saturated rings. The Balaban J connectivity index is 3.40. The third kappa shape index (κ3) is 2.15. The van der Waals surface area contributed by atoms with E-state index in [1.165, 1.54) is 27.7 Å². The highest BCUT2D eigenvalue weighted by atomic mass is 16.3. The summed E-state index contributed by atoms with van der Waals surface area (Å²) in [5.41, 5.74) is -2.50. The van der Waals surface area contributed by atoms with Gasteiger partial charge in [0.25, 0.3) is 0 Å². The van der Waals surface area contributed by atoms with Gasteiger partial charge in [-0.3, -0.25) is 14.4 Å². The molecule has 0 radical (unpaired) electrons. The highest BCUT2D eigenvalue weighted by molar-refractivity contribution is 6.28. The van der Waals surface area contributed by atoms with Crippen LogP contribution in [0.15, 0.2) is 5.18 Å². The molecule has 0 spiro atoms. The van der Waals surface area contributed by atoms with Crippen LogP contribution in [0.25, 0.3) is 0 Å². The minimum absolute atomic E-state index is 0.227. The molecule has 1 aliphatic carbocycles. The van der Waals surface area contributed by atoms with Crippen molar-refractivity contribution >= 4 is 17.3 Å². The Bertz CT molecular complexity index is 418. The average molecular weight is 267 g/mol. The summed E-state index contributed by atoms with van der Waals surface area (Å²) in [6.45, 7) is 9.54. The van der Waals surface area contributed by atoms with Gasteiger partial charge in [0.2, 0.25) is 0 Å². The van der Waals surface area contributed by atoms with E-state index in [2.05, 4.69) is 5.18 Å². The quantitative estimate of drug-likeness (QED) is 0.579. The van der Waals surface area contributed by atoms with Crippen molar-refractivity contribution in [1.29, 1.82) is 0 Å². The van der Waals surface area contributed by atoms with Gasteiger partial charge in [-0.2, -0.15) is 4.91 Å². The number of carbonyl (C=O) groups is 3. The molecule has 1 rings (SSSR count). The number of nitrogens with zero attached hydrogens (tertiary/aromatic N) is 1. The van der Waals surface area contributed by atoms with Crippen molar-refractivity contribution in [2.24, 2.45) is 27.8 Å². The molecule has 106 valence electrons. The van der Waals surface area contributed by atoms with Crippen LogP contribution in [0.2, 0.25) is 0 Å². The molecule has 1 aliphatic rings. The van der Waals surface area contributed by atoms with Crippen molar-refractivity contribution < 1.29 is 14.4 Å². The van der Waals surface area contributed by atoms with Crippen LogP contribution >= 0.6 is 0 Å². The monoisotopic (exact) mass is 267 g/mol. The molecule has 0 bridgehead atoms. The first-order valence-electron chi connectivity index (χ1n) is 6.45. The van der Waals surface area contributed by atoms with Gasteiger partial charge in [-0.1, -0.05) is 19.0 Å².